The number of rotatable bonds is 11. The molecule has 2 N–H and O–H groups in total. The van der Waals surface area contributed by atoms with Crippen LogP contribution in [0.4, 0.5) is 9.18 Å². The molecule has 10 nitrogen and oxygen atoms in total. The number of carbonyl (C=O) groups excluding carboxylic acids is 2. The number of amides is 3. The second kappa shape index (κ2) is 13.3. The second-order valence-corrected chi connectivity index (χ2v) is 16.0. The number of benzene rings is 2. The van der Waals surface area contributed by atoms with E-state index in [2.05, 4.69) is 16.8 Å². The number of β-amino-alcohol motifs (C(OH)–C–C–N with tert-alkyl or cyclic N) is 1. The molecular formula is C35H46FN5O5S. The van der Waals surface area contributed by atoms with Crippen molar-refractivity contribution in [3.63, 3.8) is 0 Å². The minimum atomic E-state index is -3.53. The number of likely N-dealkylation sites (tertiary alicyclic amines) is 1. The molecule has 12 heteroatoms. The first kappa shape index (κ1) is 33.6. The third-order valence-electron chi connectivity index (χ3n) is 10.6. The highest BCUT2D eigenvalue weighted by Gasteiger charge is 2.53. The maximum Gasteiger partial charge on any atom is 0.318 e. The molecule has 1 saturated carbocycles. The molecule has 4 atom stereocenters. The van der Waals surface area contributed by atoms with Crippen molar-refractivity contribution in [2.45, 2.75) is 73.7 Å². The zero-order valence-electron chi connectivity index (χ0n) is 27.2. The lowest BCUT2D eigenvalue weighted by molar-refractivity contribution is -0.132. The Morgan fingerprint density at radius 1 is 1.09 bits per heavy atom. The summed E-state index contributed by atoms with van der Waals surface area (Å²) < 4.78 is 40.3. The Labute approximate surface area is 277 Å². The molecule has 4 fully saturated rings. The van der Waals surface area contributed by atoms with Gasteiger partial charge in [0.25, 0.3) is 0 Å². The average Bonchev–Trinajstić information content (AvgIpc) is 3.81. The first-order valence-electron chi connectivity index (χ1n) is 16.6. The third-order valence-corrected chi connectivity index (χ3v) is 12.4. The van der Waals surface area contributed by atoms with Crippen LogP contribution in [-0.4, -0.2) is 103 Å². The maximum absolute atomic E-state index is 14.3. The van der Waals surface area contributed by atoms with Crippen LogP contribution in [-0.2, 0) is 27.0 Å². The number of sulfonamides is 1. The highest BCUT2D eigenvalue weighted by Crippen LogP contribution is 2.44. The average molecular weight is 668 g/mol. The van der Waals surface area contributed by atoms with Gasteiger partial charge in [0.1, 0.15) is 11.4 Å². The summed E-state index contributed by atoms with van der Waals surface area (Å²) >= 11 is 0. The van der Waals surface area contributed by atoms with Gasteiger partial charge in [0, 0.05) is 70.2 Å². The van der Waals surface area contributed by atoms with Crippen LogP contribution < -0.4 is 5.32 Å². The predicted octanol–water partition coefficient (Wildman–Crippen LogP) is 3.53. The molecule has 3 saturated heterocycles. The number of halogens is 1. The van der Waals surface area contributed by atoms with Crippen molar-refractivity contribution >= 4 is 22.0 Å². The summed E-state index contributed by atoms with van der Waals surface area (Å²) in [5.41, 5.74) is -0.0355. The van der Waals surface area contributed by atoms with Gasteiger partial charge in [-0.3, -0.25) is 9.69 Å². The molecule has 3 amide bonds. The molecule has 4 aliphatic rings. The second-order valence-electron chi connectivity index (χ2n) is 13.9. The molecule has 2 unspecified atom stereocenters. The summed E-state index contributed by atoms with van der Waals surface area (Å²) in [5, 5.41) is 15.1. The summed E-state index contributed by atoms with van der Waals surface area (Å²) in [6.45, 7) is 5.75. The molecule has 0 aromatic heterocycles. The SMILES string of the molecule is C=CCN(C(=O)NCc1ccc(S(=O)(=O)N(C)C)cc1)C1CC2CCC(C1)N2C[C@H]1CN(C(=O)C2CC2)C[C@]1(O)c1cccc(F)c1. The number of hydrogen-bond donors (Lipinski definition) is 2. The Hall–Kier alpha value is -3.32. The van der Waals surface area contributed by atoms with Crippen molar-refractivity contribution in [3.05, 3.63) is 78.1 Å². The van der Waals surface area contributed by atoms with E-state index in [1.165, 1.54) is 30.5 Å². The molecule has 2 aromatic carbocycles. The van der Waals surface area contributed by atoms with Crippen molar-refractivity contribution in [2.24, 2.45) is 11.8 Å². The quantitative estimate of drug-likeness (QED) is 0.355. The topological polar surface area (TPSA) is 113 Å². The lowest BCUT2D eigenvalue weighted by Crippen LogP contribution is -2.55. The number of urea groups is 1. The molecule has 3 aliphatic heterocycles. The first-order valence-corrected chi connectivity index (χ1v) is 18.0. The summed E-state index contributed by atoms with van der Waals surface area (Å²) in [6.07, 6.45) is 7.05. The number of nitrogens with one attached hydrogen (secondary N) is 1. The van der Waals surface area contributed by atoms with Gasteiger partial charge in [0.05, 0.1) is 11.4 Å². The summed E-state index contributed by atoms with van der Waals surface area (Å²) in [7, 11) is -0.556. The summed E-state index contributed by atoms with van der Waals surface area (Å²) in [5.74, 6) is -0.543. The maximum atomic E-state index is 14.3. The Morgan fingerprint density at radius 3 is 2.36 bits per heavy atom. The lowest BCUT2D eigenvalue weighted by atomic mass is 9.82. The van der Waals surface area contributed by atoms with Gasteiger partial charge < -0.3 is 20.2 Å². The molecule has 0 spiro atoms. The lowest BCUT2D eigenvalue weighted by Gasteiger charge is -2.45. The fourth-order valence-electron chi connectivity index (χ4n) is 7.81. The van der Waals surface area contributed by atoms with Gasteiger partial charge in [-0.25, -0.2) is 21.9 Å². The van der Waals surface area contributed by atoms with Crippen LogP contribution in [0.25, 0.3) is 0 Å². The summed E-state index contributed by atoms with van der Waals surface area (Å²) in [4.78, 5) is 32.9. The van der Waals surface area contributed by atoms with E-state index in [4.69, 9.17) is 0 Å². The minimum absolute atomic E-state index is 0.00739. The van der Waals surface area contributed by atoms with Gasteiger partial charge in [-0.05, 0) is 73.9 Å². The van der Waals surface area contributed by atoms with E-state index in [1.54, 1.807) is 47.4 Å². The van der Waals surface area contributed by atoms with E-state index in [-0.39, 0.29) is 59.9 Å². The highest BCUT2D eigenvalue weighted by atomic mass is 32.2. The normalized spacial score (nSPS) is 27.6. The standard InChI is InChI=1S/C35H46FN5O5S/c1-4-16-40(34(43)37-20-24-8-14-32(15-9-24)47(45,46)38(2)3)31-18-29-12-13-30(19-31)41(29)22-27-21-39(33(42)25-10-11-25)23-35(27,44)26-6-5-7-28(36)17-26/h4-9,14-15,17,25,27,29-31,44H,1,10-13,16,18-23H2,2-3H3,(H,37,43)/t27-,29?,30?,31?,35+/m1/s1. The number of aliphatic hydroxyl groups is 1. The molecule has 47 heavy (non-hydrogen) atoms. The van der Waals surface area contributed by atoms with Gasteiger partial charge >= 0.3 is 6.03 Å². The van der Waals surface area contributed by atoms with E-state index in [1.807, 2.05) is 4.90 Å². The smallest absolute Gasteiger partial charge is 0.318 e. The number of carbonyl (C=O) groups is 2. The molecule has 0 radical (unpaired) electrons. The molecule has 254 valence electrons. The van der Waals surface area contributed by atoms with E-state index < -0.39 is 21.4 Å². The Kier molecular flexibility index (Phi) is 9.50. The number of nitrogens with zero attached hydrogens (tertiary/aromatic N) is 4. The summed E-state index contributed by atoms with van der Waals surface area (Å²) in [6, 6.07) is 12.9. The van der Waals surface area contributed by atoms with Gasteiger partial charge in [-0.15, -0.1) is 6.58 Å². The fourth-order valence-corrected chi connectivity index (χ4v) is 8.71. The van der Waals surface area contributed by atoms with Crippen LogP contribution in [0.1, 0.15) is 49.7 Å². The molecule has 2 aromatic rings. The number of piperidine rings is 1. The zero-order chi connectivity index (χ0) is 33.5. The third kappa shape index (κ3) is 6.83. The van der Waals surface area contributed by atoms with Crippen molar-refractivity contribution in [2.75, 3.05) is 40.3 Å². The molecule has 1 aliphatic carbocycles. The largest absolute Gasteiger partial charge is 0.383 e. The highest BCUT2D eigenvalue weighted by molar-refractivity contribution is 7.89. The minimum Gasteiger partial charge on any atom is -0.383 e. The van der Waals surface area contributed by atoms with E-state index in [0.717, 1.165) is 44.1 Å². The van der Waals surface area contributed by atoms with E-state index in [9.17, 15) is 27.5 Å². The van der Waals surface area contributed by atoms with Crippen molar-refractivity contribution in [3.8, 4) is 0 Å². The number of fused-ring (bicyclic) bond motifs is 2. The molecular weight excluding hydrogens is 621 g/mol. The van der Waals surface area contributed by atoms with Gasteiger partial charge in [-0.1, -0.05) is 30.3 Å². The van der Waals surface area contributed by atoms with Gasteiger partial charge in [0.15, 0.2) is 0 Å². The van der Waals surface area contributed by atoms with Crippen LogP contribution in [0.15, 0.2) is 66.1 Å². The van der Waals surface area contributed by atoms with E-state index in [0.29, 0.717) is 25.2 Å². The van der Waals surface area contributed by atoms with Crippen LogP contribution >= 0.6 is 0 Å². The van der Waals surface area contributed by atoms with Gasteiger partial charge in [0.2, 0.25) is 15.9 Å². The Balaban J connectivity index is 1.12. The first-order chi connectivity index (χ1) is 22.4. The van der Waals surface area contributed by atoms with Crippen molar-refractivity contribution in [1.29, 1.82) is 0 Å². The van der Waals surface area contributed by atoms with Crippen LogP contribution in [0.3, 0.4) is 0 Å². The molecule has 2 bridgehead atoms. The zero-order valence-corrected chi connectivity index (χ0v) is 28.0. The Bertz CT molecular complexity index is 1590. The van der Waals surface area contributed by atoms with Crippen LogP contribution in [0.5, 0.6) is 0 Å². The number of hydrogen-bond acceptors (Lipinski definition) is 6. The van der Waals surface area contributed by atoms with E-state index >= 15 is 0 Å². The van der Waals surface area contributed by atoms with Crippen LogP contribution in [0.2, 0.25) is 0 Å². The monoisotopic (exact) mass is 667 g/mol. The molecule has 6 rings (SSSR count). The van der Waals surface area contributed by atoms with Crippen molar-refractivity contribution in [1.82, 2.24) is 24.3 Å². The van der Waals surface area contributed by atoms with Crippen molar-refractivity contribution < 1.29 is 27.5 Å². The Morgan fingerprint density at radius 2 is 1.77 bits per heavy atom. The van der Waals surface area contributed by atoms with Crippen LogP contribution in [0, 0.1) is 17.7 Å². The van der Waals surface area contributed by atoms with Gasteiger partial charge in [-0.2, -0.15) is 0 Å². The molecule has 3 heterocycles. The fraction of sp³-hybridized carbons (Fsp3) is 0.543. The predicted molar refractivity (Wildman–Crippen MR) is 176 cm³/mol.